The smallest absolute Gasteiger partial charge is 0.311 e. The van der Waals surface area contributed by atoms with E-state index in [0.717, 1.165) is 5.57 Å². The summed E-state index contributed by atoms with van der Waals surface area (Å²) >= 11 is 0. The number of hydrazone groups is 1. The topological polar surface area (TPSA) is 153 Å². The lowest BCUT2D eigenvalue weighted by atomic mass is 9.76. The predicted octanol–water partition coefficient (Wildman–Crippen LogP) is 1.18. The summed E-state index contributed by atoms with van der Waals surface area (Å²) in [6, 6.07) is -0.226. The molecule has 0 aromatic rings. The Labute approximate surface area is 238 Å². The van der Waals surface area contributed by atoms with Gasteiger partial charge in [0.05, 0.1) is 42.1 Å². The summed E-state index contributed by atoms with van der Waals surface area (Å²) < 4.78 is 18.2. The number of aliphatic hydroxyl groups excluding tert-OH is 2. The van der Waals surface area contributed by atoms with Crippen molar-refractivity contribution in [3.8, 4) is 0 Å². The quantitative estimate of drug-likeness (QED) is 0.312. The second-order valence-electron chi connectivity index (χ2n) is 12.8. The first-order valence-corrected chi connectivity index (χ1v) is 14.5. The van der Waals surface area contributed by atoms with Crippen molar-refractivity contribution >= 4 is 11.7 Å². The SMILES string of the molecule is CC[C@H]1OC(=O)[C@H](C)[C@@H](O)[C@H](C)[C@@H](O[C@@H]2O[C@H](C)C[C@H](N(C)C)[C@H]2O)[C@@](C)(O)C[C@@H](C)C2=NNC/C2=C\[C@]1(C)O. The van der Waals surface area contributed by atoms with Gasteiger partial charge in [-0.15, -0.1) is 0 Å². The van der Waals surface area contributed by atoms with Crippen molar-refractivity contribution in [3.05, 3.63) is 11.6 Å². The van der Waals surface area contributed by atoms with Gasteiger partial charge in [0.25, 0.3) is 0 Å². The van der Waals surface area contributed by atoms with E-state index in [2.05, 4.69) is 10.5 Å². The summed E-state index contributed by atoms with van der Waals surface area (Å²) in [6.45, 7) is 12.5. The van der Waals surface area contributed by atoms with Crippen molar-refractivity contribution in [2.45, 2.75) is 122 Å². The maximum Gasteiger partial charge on any atom is 0.311 e. The van der Waals surface area contributed by atoms with Crippen LogP contribution in [0.3, 0.4) is 0 Å². The van der Waals surface area contributed by atoms with E-state index in [1.807, 2.05) is 39.8 Å². The lowest BCUT2D eigenvalue weighted by molar-refractivity contribution is -0.298. The summed E-state index contributed by atoms with van der Waals surface area (Å²) in [5.41, 5.74) is 1.39. The minimum atomic E-state index is -1.53. The van der Waals surface area contributed by atoms with E-state index >= 15 is 0 Å². The monoisotopic (exact) mass is 569 g/mol. The van der Waals surface area contributed by atoms with Gasteiger partial charge in [-0.2, -0.15) is 5.10 Å². The number of likely N-dealkylation sites (N-methyl/N-ethyl adjacent to an activating group) is 1. The van der Waals surface area contributed by atoms with Crippen molar-refractivity contribution in [1.29, 1.82) is 0 Å². The Balaban J connectivity index is 2.04. The van der Waals surface area contributed by atoms with E-state index in [0.29, 0.717) is 25.1 Å². The Hall–Kier alpha value is -1.60. The summed E-state index contributed by atoms with van der Waals surface area (Å²) in [7, 11) is 3.76. The number of aliphatic hydroxyl groups is 4. The standard InChI is InChI=1S/C29H51N3O8/c1-10-21-28(6,36)13-19-14-30-31-22(19)15(2)12-29(7,37)25(17(4)23(33)18(5)26(35)39-21)40-27-24(34)20(32(8)9)11-16(3)38-27/h13,15-18,20-21,23-25,27,30,33-34,36-37H,10-12,14H2,1-9H3/b19-13+/t15-,16-,17+,18-,20+,21-,23+,24-,25-,27+,28+,29+/m1/s1. The van der Waals surface area contributed by atoms with Gasteiger partial charge in [0.2, 0.25) is 0 Å². The van der Waals surface area contributed by atoms with Crippen LogP contribution in [0.15, 0.2) is 16.8 Å². The number of carbonyl (C=O) groups is 1. The average Bonchev–Trinajstić information content (AvgIpc) is 3.32. The number of nitrogens with one attached hydrogen (secondary N) is 1. The Kier molecular flexibility index (Phi) is 10.5. The van der Waals surface area contributed by atoms with E-state index in [9.17, 15) is 25.2 Å². The first kappa shape index (κ1) is 32.9. The molecule has 11 heteroatoms. The van der Waals surface area contributed by atoms with Gasteiger partial charge in [-0.1, -0.05) is 20.8 Å². The maximum atomic E-state index is 13.2. The molecule has 0 aromatic carbocycles. The molecule has 0 radical (unpaired) electrons. The molecule has 0 amide bonds. The highest BCUT2D eigenvalue weighted by Crippen LogP contribution is 2.37. The average molecular weight is 570 g/mol. The minimum absolute atomic E-state index is 0.195. The number of nitrogens with zero attached hydrogens (tertiary/aromatic N) is 2. The van der Waals surface area contributed by atoms with Crippen molar-refractivity contribution in [3.63, 3.8) is 0 Å². The second kappa shape index (κ2) is 12.7. The van der Waals surface area contributed by atoms with Gasteiger partial charge in [-0.25, -0.2) is 0 Å². The number of carbonyl (C=O) groups excluding carboxylic acids is 1. The number of hydrogen-bond donors (Lipinski definition) is 5. The van der Waals surface area contributed by atoms with Gasteiger partial charge >= 0.3 is 5.97 Å². The Morgan fingerprint density at radius 1 is 1.15 bits per heavy atom. The number of ether oxygens (including phenoxy) is 3. The fraction of sp³-hybridized carbons (Fsp3) is 0.862. The highest BCUT2D eigenvalue weighted by molar-refractivity contribution is 6.03. The van der Waals surface area contributed by atoms with Crippen molar-refractivity contribution in [2.75, 3.05) is 20.6 Å². The van der Waals surface area contributed by atoms with Gasteiger partial charge in [0.15, 0.2) is 6.29 Å². The molecule has 3 aliphatic rings. The number of cyclic esters (lactones) is 1. The molecule has 0 spiro atoms. The summed E-state index contributed by atoms with van der Waals surface area (Å²) in [5.74, 6) is -2.68. The summed E-state index contributed by atoms with van der Waals surface area (Å²) in [6.07, 6.45) is -2.56. The molecule has 5 N–H and O–H groups in total. The number of hydrogen-bond acceptors (Lipinski definition) is 11. The van der Waals surface area contributed by atoms with Crippen LogP contribution in [0.25, 0.3) is 0 Å². The molecular weight excluding hydrogens is 518 g/mol. The third kappa shape index (κ3) is 7.06. The third-order valence-electron chi connectivity index (χ3n) is 8.80. The number of rotatable bonds is 4. The van der Waals surface area contributed by atoms with E-state index < -0.39 is 59.7 Å². The van der Waals surface area contributed by atoms with Crippen LogP contribution in [0.5, 0.6) is 0 Å². The van der Waals surface area contributed by atoms with Crippen LogP contribution < -0.4 is 5.43 Å². The van der Waals surface area contributed by atoms with Crippen LogP contribution in [0.1, 0.15) is 67.7 Å². The molecule has 0 aliphatic carbocycles. The Morgan fingerprint density at radius 2 is 1.80 bits per heavy atom. The molecular formula is C29H51N3O8. The molecule has 40 heavy (non-hydrogen) atoms. The first-order chi connectivity index (χ1) is 18.5. The minimum Gasteiger partial charge on any atom is -0.459 e. The molecule has 12 atom stereocenters. The van der Waals surface area contributed by atoms with Crippen LogP contribution in [0, 0.1) is 17.8 Å². The van der Waals surface area contributed by atoms with Gasteiger partial charge in [0, 0.05) is 17.9 Å². The second-order valence-corrected chi connectivity index (χ2v) is 12.8. The van der Waals surface area contributed by atoms with Crippen LogP contribution in [-0.2, 0) is 19.0 Å². The van der Waals surface area contributed by atoms with Crippen LogP contribution in [0.2, 0.25) is 0 Å². The molecule has 3 aliphatic heterocycles. The zero-order valence-electron chi connectivity index (χ0n) is 25.5. The highest BCUT2D eigenvalue weighted by Gasteiger charge is 2.49. The maximum absolute atomic E-state index is 13.2. The zero-order chi connectivity index (χ0) is 30.2. The highest BCUT2D eigenvalue weighted by atomic mass is 16.7. The summed E-state index contributed by atoms with van der Waals surface area (Å²) in [5, 5.41) is 50.3. The zero-order valence-corrected chi connectivity index (χ0v) is 25.5. The molecule has 0 saturated carbocycles. The van der Waals surface area contributed by atoms with Gasteiger partial charge in [-0.3, -0.25) is 4.79 Å². The van der Waals surface area contributed by atoms with Crippen LogP contribution in [-0.4, -0.2) is 112 Å². The molecule has 11 nitrogen and oxygen atoms in total. The van der Waals surface area contributed by atoms with Gasteiger partial charge in [0.1, 0.15) is 17.8 Å². The molecule has 0 unspecified atom stereocenters. The third-order valence-corrected chi connectivity index (χ3v) is 8.80. The first-order valence-electron chi connectivity index (χ1n) is 14.5. The van der Waals surface area contributed by atoms with E-state index in [4.69, 9.17) is 14.2 Å². The van der Waals surface area contributed by atoms with E-state index in [1.54, 1.807) is 33.8 Å². The van der Waals surface area contributed by atoms with E-state index in [-0.39, 0.29) is 24.5 Å². The largest absolute Gasteiger partial charge is 0.459 e. The number of esters is 1. The molecule has 1 saturated heterocycles. The lowest BCUT2D eigenvalue weighted by Crippen LogP contribution is -2.59. The Bertz CT molecular complexity index is 952. The fourth-order valence-electron chi connectivity index (χ4n) is 6.48. The molecule has 1 fully saturated rings. The predicted molar refractivity (Wildman–Crippen MR) is 150 cm³/mol. The van der Waals surface area contributed by atoms with E-state index in [1.165, 1.54) is 0 Å². The lowest BCUT2D eigenvalue weighted by Gasteiger charge is -2.46. The van der Waals surface area contributed by atoms with Crippen LogP contribution in [0.4, 0.5) is 0 Å². The molecule has 230 valence electrons. The fourth-order valence-corrected chi connectivity index (χ4v) is 6.48. The van der Waals surface area contributed by atoms with Crippen LogP contribution >= 0.6 is 0 Å². The number of fused-ring (bicyclic) bond motifs is 1. The van der Waals surface area contributed by atoms with Crippen molar-refractivity contribution in [2.24, 2.45) is 22.9 Å². The molecule has 0 aromatic heterocycles. The van der Waals surface area contributed by atoms with Crippen molar-refractivity contribution < 1.29 is 39.4 Å². The molecule has 3 rings (SSSR count). The molecule has 3 heterocycles. The normalized spacial score (nSPS) is 46.9. The van der Waals surface area contributed by atoms with Gasteiger partial charge < -0.3 is 45.0 Å². The molecule has 0 bridgehead atoms. The Morgan fingerprint density at radius 3 is 2.40 bits per heavy atom. The van der Waals surface area contributed by atoms with Gasteiger partial charge in [-0.05, 0) is 72.7 Å². The summed E-state index contributed by atoms with van der Waals surface area (Å²) in [4.78, 5) is 15.1. The van der Waals surface area contributed by atoms with Crippen molar-refractivity contribution in [1.82, 2.24) is 10.3 Å².